The van der Waals surface area contributed by atoms with Crippen LogP contribution in [0.15, 0.2) is 41.0 Å². The molecule has 2 aromatic rings. The molecule has 4 nitrogen and oxygen atoms in total. The summed E-state index contributed by atoms with van der Waals surface area (Å²) in [5.74, 6) is 6.32. The van der Waals surface area contributed by atoms with Gasteiger partial charge in [0.05, 0.1) is 19.4 Å². The zero-order valence-electron chi connectivity index (χ0n) is 11.8. The first-order valence-corrected chi connectivity index (χ1v) is 6.71. The lowest BCUT2D eigenvalue weighted by Crippen LogP contribution is -2.23. The van der Waals surface area contributed by atoms with E-state index in [2.05, 4.69) is 17.2 Å². The molecule has 0 aliphatic heterocycles. The van der Waals surface area contributed by atoms with E-state index in [9.17, 15) is 4.79 Å². The lowest BCUT2D eigenvalue weighted by molar-refractivity contribution is 0.0947. The van der Waals surface area contributed by atoms with E-state index >= 15 is 0 Å². The molecule has 1 aromatic carbocycles. The first kappa shape index (κ1) is 14.9. The normalized spacial score (nSPS) is 9.81. The third-order valence-electron chi connectivity index (χ3n) is 2.96. The number of carbonyl (C=O) groups is 1. The minimum atomic E-state index is -0.158. The highest BCUT2D eigenvalue weighted by Gasteiger charge is 2.09. The number of rotatable bonds is 4. The van der Waals surface area contributed by atoms with Gasteiger partial charge < -0.3 is 14.8 Å². The minimum absolute atomic E-state index is 0.0371. The summed E-state index contributed by atoms with van der Waals surface area (Å²) < 4.78 is 5.18. The van der Waals surface area contributed by atoms with Gasteiger partial charge in [0.15, 0.2) is 0 Å². The fraction of sp³-hybridized carbons (Fsp3) is 0.235. The Morgan fingerprint density at radius 2 is 2.24 bits per heavy atom. The summed E-state index contributed by atoms with van der Waals surface area (Å²) in [7, 11) is 0. The number of aliphatic hydroxyl groups excluding tert-OH is 1. The number of hydrogen-bond donors (Lipinski definition) is 2. The number of aryl methyl sites for hydroxylation is 1. The summed E-state index contributed by atoms with van der Waals surface area (Å²) >= 11 is 0. The molecule has 1 amide bonds. The molecular weight excluding hydrogens is 266 g/mol. The predicted octanol–water partition coefficient (Wildman–Crippen LogP) is 2.25. The fourth-order valence-corrected chi connectivity index (χ4v) is 1.84. The van der Waals surface area contributed by atoms with E-state index in [4.69, 9.17) is 9.52 Å². The zero-order chi connectivity index (χ0) is 15.1. The van der Waals surface area contributed by atoms with Crippen molar-refractivity contribution in [1.29, 1.82) is 0 Å². The molecule has 0 bridgehead atoms. The maximum Gasteiger partial charge on any atom is 0.251 e. The second-order valence-corrected chi connectivity index (χ2v) is 4.57. The highest BCUT2D eigenvalue weighted by molar-refractivity contribution is 5.95. The summed E-state index contributed by atoms with van der Waals surface area (Å²) in [6.07, 6.45) is 2.00. The summed E-state index contributed by atoms with van der Waals surface area (Å²) in [5, 5.41) is 11.5. The molecule has 0 fully saturated rings. The SMILES string of the molecule is Cc1ccc(C#CCCO)cc1C(=O)NCc1ccco1. The van der Waals surface area contributed by atoms with E-state index in [1.165, 1.54) is 0 Å². The van der Waals surface area contributed by atoms with Gasteiger partial charge in [-0.2, -0.15) is 0 Å². The largest absolute Gasteiger partial charge is 0.467 e. The lowest BCUT2D eigenvalue weighted by atomic mass is 10.0. The molecule has 0 saturated carbocycles. The maximum absolute atomic E-state index is 12.2. The highest BCUT2D eigenvalue weighted by Crippen LogP contribution is 2.11. The molecule has 1 heterocycles. The van der Waals surface area contributed by atoms with E-state index in [-0.39, 0.29) is 12.5 Å². The average Bonchev–Trinajstić information content (AvgIpc) is 3.00. The smallest absolute Gasteiger partial charge is 0.251 e. The van der Waals surface area contributed by atoms with E-state index in [1.807, 2.05) is 25.1 Å². The summed E-state index contributed by atoms with van der Waals surface area (Å²) in [6, 6.07) is 9.08. The lowest BCUT2D eigenvalue weighted by Gasteiger charge is -2.07. The minimum Gasteiger partial charge on any atom is -0.467 e. The van der Waals surface area contributed by atoms with E-state index < -0.39 is 0 Å². The van der Waals surface area contributed by atoms with Crippen LogP contribution in [0.25, 0.3) is 0 Å². The molecule has 0 spiro atoms. The summed E-state index contributed by atoms with van der Waals surface area (Å²) in [5.41, 5.74) is 2.24. The third kappa shape index (κ3) is 4.23. The van der Waals surface area contributed by atoms with Crippen LogP contribution in [-0.2, 0) is 6.54 Å². The molecule has 2 N–H and O–H groups in total. The van der Waals surface area contributed by atoms with Crippen LogP contribution in [-0.4, -0.2) is 17.6 Å². The van der Waals surface area contributed by atoms with Crippen LogP contribution >= 0.6 is 0 Å². The molecule has 0 atom stereocenters. The van der Waals surface area contributed by atoms with Gasteiger partial charge in [0, 0.05) is 17.5 Å². The van der Waals surface area contributed by atoms with Crippen LogP contribution in [0.2, 0.25) is 0 Å². The monoisotopic (exact) mass is 283 g/mol. The Kier molecular flexibility index (Phi) is 5.19. The Labute approximate surface area is 123 Å². The predicted molar refractivity (Wildman–Crippen MR) is 79.6 cm³/mol. The van der Waals surface area contributed by atoms with Crippen LogP contribution in [0.3, 0.4) is 0 Å². The highest BCUT2D eigenvalue weighted by atomic mass is 16.3. The van der Waals surface area contributed by atoms with Gasteiger partial charge in [0.1, 0.15) is 5.76 Å². The molecular formula is C17H17NO3. The third-order valence-corrected chi connectivity index (χ3v) is 2.96. The van der Waals surface area contributed by atoms with Gasteiger partial charge >= 0.3 is 0 Å². The Hall–Kier alpha value is -2.51. The van der Waals surface area contributed by atoms with Crippen LogP contribution in [0.1, 0.15) is 33.7 Å². The molecule has 0 saturated heterocycles. The Morgan fingerprint density at radius 1 is 1.38 bits per heavy atom. The van der Waals surface area contributed by atoms with Crippen molar-refractivity contribution in [2.24, 2.45) is 0 Å². The molecule has 108 valence electrons. The molecule has 4 heteroatoms. The van der Waals surface area contributed by atoms with Crippen molar-refractivity contribution in [2.45, 2.75) is 19.9 Å². The van der Waals surface area contributed by atoms with Crippen molar-refractivity contribution in [3.63, 3.8) is 0 Å². The van der Waals surface area contributed by atoms with Crippen molar-refractivity contribution < 1.29 is 14.3 Å². The molecule has 2 rings (SSSR count). The number of benzene rings is 1. The van der Waals surface area contributed by atoms with Crippen LogP contribution in [0.4, 0.5) is 0 Å². The quantitative estimate of drug-likeness (QED) is 0.846. The topological polar surface area (TPSA) is 62.5 Å². The number of aliphatic hydroxyl groups is 1. The van der Waals surface area contributed by atoms with Gasteiger partial charge in [-0.15, -0.1) is 0 Å². The van der Waals surface area contributed by atoms with E-state index in [1.54, 1.807) is 18.4 Å². The zero-order valence-corrected chi connectivity index (χ0v) is 11.8. The van der Waals surface area contributed by atoms with E-state index in [0.29, 0.717) is 24.3 Å². The standard InChI is InChI=1S/C17H17NO3/c1-13-7-8-14(5-2-3-9-19)11-16(13)17(20)18-12-15-6-4-10-21-15/h4,6-8,10-11,19H,3,9,12H2,1H3,(H,18,20). The molecule has 21 heavy (non-hydrogen) atoms. The maximum atomic E-state index is 12.2. The number of hydrogen-bond acceptors (Lipinski definition) is 3. The number of amides is 1. The van der Waals surface area contributed by atoms with Gasteiger partial charge in [-0.3, -0.25) is 4.79 Å². The first-order chi connectivity index (χ1) is 10.2. The summed E-state index contributed by atoms with van der Waals surface area (Å²) in [6.45, 7) is 2.27. The van der Waals surface area contributed by atoms with Crippen molar-refractivity contribution >= 4 is 5.91 Å². The summed E-state index contributed by atoms with van der Waals surface area (Å²) in [4.78, 5) is 12.2. The molecule has 0 unspecified atom stereocenters. The Balaban J connectivity index is 2.09. The molecule has 0 aliphatic rings. The number of carbonyl (C=O) groups excluding carboxylic acids is 1. The van der Waals surface area contributed by atoms with Crippen molar-refractivity contribution in [2.75, 3.05) is 6.61 Å². The second-order valence-electron chi connectivity index (χ2n) is 4.57. The fourth-order valence-electron chi connectivity index (χ4n) is 1.84. The number of nitrogens with one attached hydrogen (secondary N) is 1. The van der Waals surface area contributed by atoms with Gasteiger partial charge in [0.2, 0.25) is 0 Å². The van der Waals surface area contributed by atoms with Crippen molar-refractivity contribution in [3.8, 4) is 11.8 Å². The second kappa shape index (κ2) is 7.32. The molecule has 0 aliphatic carbocycles. The Bertz CT molecular complexity index is 663. The first-order valence-electron chi connectivity index (χ1n) is 6.71. The van der Waals surface area contributed by atoms with Crippen LogP contribution in [0.5, 0.6) is 0 Å². The van der Waals surface area contributed by atoms with Gasteiger partial charge in [-0.1, -0.05) is 17.9 Å². The van der Waals surface area contributed by atoms with Gasteiger partial charge in [-0.25, -0.2) is 0 Å². The number of furan rings is 1. The van der Waals surface area contributed by atoms with Crippen molar-refractivity contribution in [3.05, 3.63) is 59.0 Å². The van der Waals surface area contributed by atoms with Crippen LogP contribution < -0.4 is 5.32 Å². The van der Waals surface area contributed by atoms with Crippen molar-refractivity contribution in [1.82, 2.24) is 5.32 Å². The van der Waals surface area contributed by atoms with Gasteiger partial charge in [0.25, 0.3) is 5.91 Å². The molecule has 0 radical (unpaired) electrons. The Morgan fingerprint density at radius 3 is 2.95 bits per heavy atom. The average molecular weight is 283 g/mol. The molecule has 1 aromatic heterocycles. The van der Waals surface area contributed by atoms with Crippen LogP contribution in [0, 0.1) is 18.8 Å². The van der Waals surface area contributed by atoms with E-state index in [0.717, 1.165) is 11.1 Å². The van der Waals surface area contributed by atoms with Gasteiger partial charge in [-0.05, 0) is 36.8 Å².